The normalized spacial score (nSPS) is 19.7. The zero-order valence-corrected chi connectivity index (χ0v) is 12.4. The molecule has 0 amide bonds. The van der Waals surface area contributed by atoms with Crippen LogP contribution in [0.15, 0.2) is 48.8 Å². The van der Waals surface area contributed by atoms with E-state index in [0.29, 0.717) is 0 Å². The molecule has 0 spiro atoms. The van der Waals surface area contributed by atoms with Gasteiger partial charge in [-0.05, 0) is 31.0 Å². The average Bonchev–Trinajstić information content (AvgIpc) is 3.02. The van der Waals surface area contributed by atoms with Crippen molar-refractivity contribution in [3.05, 3.63) is 54.4 Å². The quantitative estimate of drug-likeness (QED) is 0.815. The highest BCUT2D eigenvalue weighted by atomic mass is 16.5. The SMILES string of the molecule is c1ccc(CCCN2CCO[C@H](Cn3cccn3)C2)cc1. The first-order valence-corrected chi connectivity index (χ1v) is 7.75. The molecule has 3 rings (SSSR count). The molecule has 2 aromatic rings. The van der Waals surface area contributed by atoms with E-state index in [4.69, 9.17) is 4.74 Å². The Morgan fingerprint density at radius 1 is 1.19 bits per heavy atom. The number of nitrogens with zero attached hydrogens (tertiary/aromatic N) is 3. The summed E-state index contributed by atoms with van der Waals surface area (Å²) in [6.07, 6.45) is 6.44. The molecule has 21 heavy (non-hydrogen) atoms. The van der Waals surface area contributed by atoms with Crippen LogP contribution in [-0.4, -0.2) is 47.0 Å². The lowest BCUT2D eigenvalue weighted by Gasteiger charge is -2.32. The van der Waals surface area contributed by atoms with Crippen molar-refractivity contribution in [2.75, 3.05) is 26.2 Å². The fourth-order valence-electron chi connectivity index (χ4n) is 2.86. The van der Waals surface area contributed by atoms with Crippen LogP contribution in [0.5, 0.6) is 0 Å². The highest BCUT2D eigenvalue weighted by Crippen LogP contribution is 2.09. The van der Waals surface area contributed by atoms with Crippen molar-refractivity contribution in [2.45, 2.75) is 25.5 Å². The monoisotopic (exact) mass is 285 g/mol. The van der Waals surface area contributed by atoms with Gasteiger partial charge >= 0.3 is 0 Å². The Hall–Kier alpha value is -1.65. The van der Waals surface area contributed by atoms with Crippen molar-refractivity contribution in [3.63, 3.8) is 0 Å². The van der Waals surface area contributed by atoms with Crippen LogP contribution >= 0.6 is 0 Å². The number of morpholine rings is 1. The standard InChI is InChI=1S/C17H23N3O/c1-2-6-16(7-3-1)8-4-10-19-12-13-21-17(14-19)15-20-11-5-9-18-20/h1-3,5-7,9,11,17H,4,8,10,12-15H2/t17-/m0/s1. The zero-order valence-electron chi connectivity index (χ0n) is 12.4. The van der Waals surface area contributed by atoms with Crippen LogP contribution in [0, 0.1) is 0 Å². The van der Waals surface area contributed by atoms with Crippen LogP contribution in [0.3, 0.4) is 0 Å². The third-order valence-corrected chi connectivity index (χ3v) is 3.96. The van der Waals surface area contributed by atoms with E-state index in [1.165, 1.54) is 12.0 Å². The van der Waals surface area contributed by atoms with E-state index in [-0.39, 0.29) is 6.10 Å². The highest BCUT2D eigenvalue weighted by Gasteiger charge is 2.20. The van der Waals surface area contributed by atoms with Gasteiger partial charge in [0.25, 0.3) is 0 Å². The van der Waals surface area contributed by atoms with E-state index >= 15 is 0 Å². The second-order valence-electron chi connectivity index (χ2n) is 5.61. The van der Waals surface area contributed by atoms with Gasteiger partial charge in [0.1, 0.15) is 0 Å². The van der Waals surface area contributed by atoms with Crippen LogP contribution in [-0.2, 0) is 17.7 Å². The minimum absolute atomic E-state index is 0.260. The first-order chi connectivity index (χ1) is 10.4. The third kappa shape index (κ3) is 4.41. The van der Waals surface area contributed by atoms with Crippen molar-refractivity contribution in [3.8, 4) is 0 Å². The number of aromatic nitrogens is 2. The molecule has 112 valence electrons. The van der Waals surface area contributed by atoms with Crippen molar-refractivity contribution in [1.82, 2.24) is 14.7 Å². The second kappa shape index (κ2) is 7.38. The molecule has 0 unspecified atom stereocenters. The lowest BCUT2D eigenvalue weighted by Crippen LogP contribution is -2.44. The molecule has 1 fully saturated rings. The molecule has 0 radical (unpaired) electrons. The third-order valence-electron chi connectivity index (χ3n) is 3.96. The molecule has 1 saturated heterocycles. The van der Waals surface area contributed by atoms with Crippen molar-refractivity contribution < 1.29 is 4.74 Å². The van der Waals surface area contributed by atoms with Crippen molar-refractivity contribution >= 4 is 0 Å². The van der Waals surface area contributed by atoms with E-state index < -0.39 is 0 Å². The lowest BCUT2D eigenvalue weighted by atomic mass is 10.1. The fraction of sp³-hybridized carbons (Fsp3) is 0.471. The molecule has 1 atom stereocenters. The van der Waals surface area contributed by atoms with Gasteiger partial charge in [-0.3, -0.25) is 9.58 Å². The highest BCUT2D eigenvalue weighted by molar-refractivity contribution is 5.14. The first-order valence-electron chi connectivity index (χ1n) is 7.75. The van der Waals surface area contributed by atoms with Crippen LogP contribution in [0.25, 0.3) is 0 Å². The molecule has 4 nitrogen and oxygen atoms in total. The summed E-state index contributed by atoms with van der Waals surface area (Å²) in [5, 5.41) is 4.26. The van der Waals surface area contributed by atoms with Gasteiger partial charge in [0.15, 0.2) is 0 Å². The largest absolute Gasteiger partial charge is 0.374 e. The summed E-state index contributed by atoms with van der Waals surface area (Å²) < 4.78 is 7.80. The zero-order chi connectivity index (χ0) is 14.3. The Bertz CT molecular complexity index is 512. The molecule has 4 heteroatoms. The molecule has 1 aromatic heterocycles. The number of rotatable bonds is 6. The summed E-state index contributed by atoms with van der Waals surface area (Å²) in [7, 11) is 0. The molecule has 2 heterocycles. The second-order valence-corrected chi connectivity index (χ2v) is 5.61. The Labute approximate surface area is 126 Å². The molecule has 0 bridgehead atoms. The molecular weight excluding hydrogens is 262 g/mol. The van der Waals surface area contributed by atoms with Crippen LogP contribution < -0.4 is 0 Å². The van der Waals surface area contributed by atoms with Crippen molar-refractivity contribution in [2.24, 2.45) is 0 Å². The average molecular weight is 285 g/mol. The van der Waals surface area contributed by atoms with Crippen molar-refractivity contribution in [1.29, 1.82) is 0 Å². The van der Waals surface area contributed by atoms with Gasteiger partial charge < -0.3 is 4.74 Å². The minimum Gasteiger partial charge on any atom is -0.374 e. The maximum Gasteiger partial charge on any atom is 0.0898 e. The number of hydrogen-bond acceptors (Lipinski definition) is 3. The molecule has 1 aromatic carbocycles. The number of aryl methyl sites for hydroxylation is 1. The number of hydrogen-bond donors (Lipinski definition) is 0. The predicted octanol–water partition coefficient (Wildman–Crippen LogP) is 2.22. The molecule has 0 aliphatic carbocycles. The van der Waals surface area contributed by atoms with E-state index in [0.717, 1.165) is 39.2 Å². The van der Waals surface area contributed by atoms with Crippen LogP contribution in [0.4, 0.5) is 0 Å². The maximum atomic E-state index is 5.84. The van der Waals surface area contributed by atoms with E-state index in [2.05, 4.69) is 40.3 Å². The van der Waals surface area contributed by atoms with E-state index in [1.54, 1.807) is 0 Å². The molecule has 1 aliphatic heterocycles. The number of benzene rings is 1. The Kier molecular flexibility index (Phi) is 5.03. The van der Waals surface area contributed by atoms with Crippen LogP contribution in [0.1, 0.15) is 12.0 Å². The summed E-state index contributed by atoms with van der Waals surface area (Å²) >= 11 is 0. The lowest BCUT2D eigenvalue weighted by molar-refractivity contribution is -0.0376. The Balaban J connectivity index is 1.41. The van der Waals surface area contributed by atoms with Gasteiger partial charge in [0.05, 0.1) is 19.3 Å². The van der Waals surface area contributed by atoms with Gasteiger partial charge in [-0.2, -0.15) is 5.10 Å². The van der Waals surface area contributed by atoms with Gasteiger partial charge in [-0.1, -0.05) is 30.3 Å². The van der Waals surface area contributed by atoms with Gasteiger partial charge in [0, 0.05) is 25.5 Å². The van der Waals surface area contributed by atoms with Gasteiger partial charge in [0.2, 0.25) is 0 Å². The molecule has 1 aliphatic rings. The molecular formula is C17H23N3O. The van der Waals surface area contributed by atoms with Gasteiger partial charge in [-0.15, -0.1) is 0 Å². The Morgan fingerprint density at radius 2 is 2.10 bits per heavy atom. The smallest absolute Gasteiger partial charge is 0.0898 e. The molecule has 0 N–H and O–H groups in total. The van der Waals surface area contributed by atoms with Gasteiger partial charge in [-0.25, -0.2) is 0 Å². The summed E-state index contributed by atoms with van der Waals surface area (Å²) in [5.41, 5.74) is 1.43. The Morgan fingerprint density at radius 3 is 2.90 bits per heavy atom. The van der Waals surface area contributed by atoms with E-state index in [1.807, 2.05) is 23.1 Å². The topological polar surface area (TPSA) is 30.3 Å². The maximum absolute atomic E-state index is 5.84. The predicted molar refractivity (Wildman–Crippen MR) is 83.2 cm³/mol. The fourth-order valence-corrected chi connectivity index (χ4v) is 2.86. The van der Waals surface area contributed by atoms with Crippen LogP contribution in [0.2, 0.25) is 0 Å². The summed E-state index contributed by atoms with van der Waals surface area (Å²) in [6, 6.07) is 12.7. The first kappa shape index (κ1) is 14.3. The summed E-state index contributed by atoms with van der Waals surface area (Å²) in [5.74, 6) is 0. The molecule has 0 saturated carbocycles. The summed E-state index contributed by atoms with van der Waals surface area (Å²) in [4.78, 5) is 2.51. The number of ether oxygens (including phenoxy) is 1. The summed E-state index contributed by atoms with van der Waals surface area (Å²) in [6.45, 7) is 4.88. The van der Waals surface area contributed by atoms with E-state index in [9.17, 15) is 0 Å². The minimum atomic E-state index is 0.260.